The van der Waals surface area contributed by atoms with E-state index in [0.29, 0.717) is 0 Å². The predicted molar refractivity (Wildman–Crippen MR) is 65.7 cm³/mol. The zero-order chi connectivity index (χ0) is 12.1. The molecule has 4 nitrogen and oxygen atoms in total. The minimum Gasteiger partial charge on any atom is -0.469 e. The Kier molecular flexibility index (Phi) is 4.20. The molecule has 1 aliphatic heterocycles. The number of furan rings is 1. The monoisotopic (exact) mass is 236 g/mol. The lowest BCUT2D eigenvalue weighted by Crippen LogP contribution is -2.49. The van der Waals surface area contributed by atoms with Crippen molar-refractivity contribution in [1.29, 1.82) is 0 Å². The lowest BCUT2D eigenvalue weighted by Gasteiger charge is -2.24. The van der Waals surface area contributed by atoms with Crippen LogP contribution in [0.2, 0.25) is 0 Å². The SMILES string of the molecule is CC(Cc1ccco1)NC(=O)[C@@H]1CCCCN1. The summed E-state index contributed by atoms with van der Waals surface area (Å²) < 4.78 is 5.26. The van der Waals surface area contributed by atoms with Crippen LogP contribution >= 0.6 is 0 Å². The summed E-state index contributed by atoms with van der Waals surface area (Å²) in [6, 6.07) is 3.90. The summed E-state index contributed by atoms with van der Waals surface area (Å²) in [5.41, 5.74) is 0. The van der Waals surface area contributed by atoms with Crippen molar-refractivity contribution in [3.8, 4) is 0 Å². The van der Waals surface area contributed by atoms with E-state index in [9.17, 15) is 4.79 Å². The molecule has 1 aromatic rings. The molecule has 94 valence electrons. The van der Waals surface area contributed by atoms with E-state index >= 15 is 0 Å². The lowest BCUT2D eigenvalue weighted by molar-refractivity contribution is -0.124. The number of amides is 1. The zero-order valence-corrected chi connectivity index (χ0v) is 10.2. The fraction of sp³-hybridized carbons (Fsp3) is 0.615. The van der Waals surface area contributed by atoms with Crippen LogP contribution in [0.15, 0.2) is 22.8 Å². The van der Waals surface area contributed by atoms with Crippen molar-refractivity contribution in [3.63, 3.8) is 0 Å². The van der Waals surface area contributed by atoms with Gasteiger partial charge in [0.15, 0.2) is 0 Å². The molecule has 1 saturated heterocycles. The summed E-state index contributed by atoms with van der Waals surface area (Å²) in [6.45, 7) is 2.95. The Labute approximate surface area is 102 Å². The Bertz CT molecular complexity index is 342. The number of hydrogen-bond donors (Lipinski definition) is 2. The van der Waals surface area contributed by atoms with E-state index < -0.39 is 0 Å². The summed E-state index contributed by atoms with van der Waals surface area (Å²) in [5.74, 6) is 1.03. The van der Waals surface area contributed by atoms with Crippen LogP contribution in [-0.2, 0) is 11.2 Å². The number of hydrogen-bond acceptors (Lipinski definition) is 3. The minimum atomic E-state index is -0.0113. The molecular formula is C13H20N2O2. The average Bonchev–Trinajstić information content (AvgIpc) is 2.82. The van der Waals surface area contributed by atoms with Gasteiger partial charge in [0.1, 0.15) is 5.76 Å². The first-order valence-corrected chi connectivity index (χ1v) is 6.32. The molecule has 2 atom stereocenters. The summed E-state index contributed by atoms with van der Waals surface area (Å²) in [5, 5.41) is 6.27. The Hall–Kier alpha value is -1.29. The van der Waals surface area contributed by atoms with E-state index in [2.05, 4.69) is 10.6 Å². The molecule has 2 rings (SSSR count). The second-order valence-corrected chi connectivity index (χ2v) is 4.70. The quantitative estimate of drug-likeness (QED) is 0.832. The fourth-order valence-corrected chi connectivity index (χ4v) is 2.20. The van der Waals surface area contributed by atoms with Crippen LogP contribution < -0.4 is 10.6 Å². The van der Waals surface area contributed by atoms with Crippen molar-refractivity contribution in [2.75, 3.05) is 6.54 Å². The molecule has 1 unspecified atom stereocenters. The number of nitrogens with one attached hydrogen (secondary N) is 2. The number of carbonyl (C=O) groups excluding carboxylic acids is 1. The summed E-state index contributed by atoms with van der Waals surface area (Å²) >= 11 is 0. The molecule has 0 aliphatic carbocycles. The van der Waals surface area contributed by atoms with Gasteiger partial charge in [0, 0.05) is 12.5 Å². The third-order valence-corrected chi connectivity index (χ3v) is 3.10. The number of carbonyl (C=O) groups is 1. The van der Waals surface area contributed by atoms with Crippen LogP contribution in [0.25, 0.3) is 0 Å². The number of piperidine rings is 1. The van der Waals surface area contributed by atoms with Crippen LogP contribution in [0, 0.1) is 0 Å². The predicted octanol–water partition coefficient (Wildman–Crippen LogP) is 1.47. The van der Waals surface area contributed by atoms with Gasteiger partial charge >= 0.3 is 0 Å². The second kappa shape index (κ2) is 5.87. The molecule has 0 aromatic carbocycles. The van der Waals surface area contributed by atoms with Gasteiger partial charge in [-0.05, 0) is 38.4 Å². The highest BCUT2D eigenvalue weighted by molar-refractivity contribution is 5.82. The molecule has 0 saturated carbocycles. The highest BCUT2D eigenvalue weighted by Gasteiger charge is 2.21. The Morgan fingerprint density at radius 3 is 3.18 bits per heavy atom. The molecule has 1 fully saturated rings. The van der Waals surface area contributed by atoms with Gasteiger partial charge in [0.05, 0.1) is 12.3 Å². The van der Waals surface area contributed by atoms with Crippen LogP contribution in [0.5, 0.6) is 0 Å². The summed E-state index contributed by atoms with van der Waals surface area (Å²) in [4.78, 5) is 11.9. The molecule has 0 radical (unpaired) electrons. The maximum absolute atomic E-state index is 11.9. The van der Waals surface area contributed by atoms with Gasteiger partial charge in [0.2, 0.25) is 5.91 Å². The van der Waals surface area contributed by atoms with Crippen molar-refractivity contribution in [2.45, 2.75) is 44.7 Å². The van der Waals surface area contributed by atoms with Crippen molar-refractivity contribution in [1.82, 2.24) is 10.6 Å². The van der Waals surface area contributed by atoms with Crippen molar-refractivity contribution < 1.29 is 9.21 Å². The largest absolute Gasteiger partial charge is 0.469 e. The van der Waals surface area contributed by atoms with E-state index in [1.165, 1.54) is 6.42 Å². The van der Waals surface area contributed by atoms with E-state index in [0.717, 1.165) is 31.6 Å². The highest BCUT2D eigenvalue weighted by atomic mass is 16.3. The molecule has 1 amide bonds. The summed E-state index contributed by atoms with van der Waals surface area (Å²) in [7, 11) is 0. The molecule has 2 heterocycles. The maximum Gasteiger partial charge on any atom is 0.237 e. The smallest absolute Gasteiger partial charge is 0.237 e. The van der Waals surface area contributed by atoms with Crippen LogP contribution in [0.4, 0.5) is 0 Å². The van der Waals surface area contributed by atoms with Crippen LogP contribution in [-0.4, -0.2) is 24.5 Å². The van der Waals surface area contributed by atoms with Gasteiger partial charge in [-0.3, -0.25) is 4.79 Å². The topological polar surface area (TPSA) is 54.3 Å². The molecule has 0 spiro atoms. The van der Waals surface area contributed by atoms with Crippen molar-refractivity contribution in [2.24, 2.45) is 0 Å². The molecule has 1 aliphatic rings. The Balaban J connectivity index is 1.77. The van der Waals surface area contributed by atoms with Crippen LogP contribution in [0.3, 0.4) is 0 Å². The Morgan fingerprint density at radius 2 is 2.53 bits per heavy atom. The van der Waals surface area contributed by atoms with E-state index in [-0.39, 0.29) is 18.0 Å². The highest BCUT2D eigenvalue weighted by Crippen LogP contribution is 2.08. The van der Waals surface area contributed by atoms with E-state index in [1.54, 1.807) is 6.26 Å². The molecule has 4 heteroatoms. The normalized spacial score (nSPS) is 22.1. The minimum absolute atomic E-state index is 0.0113. The third kappa shape index (κ3) is 3.60. The molecule has 2 N–H and O–H groups in total. The van der Waals surface area contributed by atoms with E-state index in [1.807, 2.05) is 19.1 Å². The molecule has 0 bridgehead atoms. The first-order valence-electron chi connectivity index (χ1n) is 6.32. The summed E-state index contributed by atoms with van der Waals surface area (Å²) in [6.07, 6.45) is 5.65. The fourth-order valence-electron chi connectivity index (χ4n) is 2.20. The van der Waals surface area contributed by atoms with Crippen LogP contribution in [0.1, 0.15) is 31.9 Å². The van der Waals surface area contributed by atoms with Gasteiger partial charge < -0.3 is 15.1 Å². The van der Waals surface area contributed by atoms with Gasteiger partial charge in [-0.2, -0.15) is 0 Å². The lowest BCUT2D eigenvalue weighted by atomic mass is 10.0. The second-order valence-electron chi connectivity index (χ2n) is 4.70. The van der Waals surface area contributed by atoms with Crippen molar-refractivity contribution >= 4 is 5.91 Å². The first kappa shape index (κ1) is 12.2. The third-order valence-electron chi connectivity index (χ3n) is 3.10. The number of rotatable bonds is 4. The standard InChI is InChI=1S/C13H20N2O2/c1-10(9-11-5-4-8-17-11)15-13(16)12-6-2-3-7-14-12/h4-5,8,10,12,14H,2-3,6-7,9H2,1H3,(H,15,16)/t10?,12-/m0/s1. The van der Waals surface area contributed by atoms with Gasteiger partial charge in [-0.25, -0.2) is 0 Å². The van der Waals surface area contributed by atoms with E-state index in [4.69, 9.17) is 4.42 Å². The van der Waals surface area contributed by atoms with Gasteiger partial charge in [0.25, 0.3) is 0 Å². The van der Waals surface area contributed by atoms with Crippen molar-refractivity contribution in [3.05, 3.63) is 24.2 Å². The molecular weight excluding hydrogens is 216 g/mol. The van der Waals surface area contributed by atoms with Gasteiger partial charge in [-0.1, -0.05) is 6.42 Å². The first-order chi connectivity index (χ1) is 8.25. The Morgan fingerprint density at radius 1 is 1.65 bits per heavy atom. The maximum atomic E-state index is 11.9. The zero-order valence-electron chi connectivity index (χ0n) is 10.2. The molecule has 17 heavy (non-hydrogen) atoms. The molecule has 1 aromatic heterocycles. The average molecular weight is 236 g/mol. The van der Waals surface area contributed by atoms with Gasteiger partial charge in [-0.15, -0.1) is 0 Å².